The Bertz CT molecular complexity index is 1580. The number of carbonyl (C=O) groups excluding carboxylic acids is 1. The van der Waals surface area contributed by atoms with Gasteiger partial charge >= 0.3 is 13.7 Å². The summed E-state index contributed by atoms with van der Waals surface area (Å²) in [6.07, 6.45) is 1.63. The maximum absolute atomic E-state index is 14.7. The van der Waals surface area contributed by atoms with E-state index in [1.165, 1.54) is 19.1 Å². The average molecular weight is 612 g/mol. The monoisotopic (exact) mass is 611 g/mol. The van der Waals surface area contributed by atoms with E-state index in [0.717, 1.165) is 10.8 Å². The number of benzene rings is 1. The lowest BCUT2D eigenvalue weighted by Gasteiger charge is -2.26. The number of aliphatic hydroxyl groups is 1. The molecular weight excluding hydrogens is 584 g/mol. The van der Waals surface area contributed by atoms with E-state index in [1.807, 2.05) is 0 Å². The highest BCUT2D eigenvalue weighted by atomic mass is 35.5. The highest BCUT2D eigenvalue weighted by molar-refractivity contribution is 7.52. The number of H-pyrrole nitrogens is 1. The number of fused-ring (bicyclic) bond motifs is 1. The van der Waals surface area contributed by atoms with E-state index in [1.54, 1.807) is 32.0 Å². The molecule has 0 amide bonds. The molecule has 0 spiro atoms. The number of nitrogens with two attached hydrogens (primary N) is 1. The third kappa shape index (κ3) is 6.25. The number of ether oxygens (including phenoxy) is 2. The van der Waals surface area contributed by atoms with Crippen LogP contribution in [0.1, 0.15) is 27.0 Å². The van der Waals surface area contributed by atoms with Gasteiger partial charge in [0.2, 0.25) is 5.95 Å². The zero-order valence-electron chi connectivity index (χ0n) is 22.1. The van der Waals surface area contributed by atoms with Gasteiger partial charge in [-0.1, -0.05) is 35.7 Å². The summed E-state index contributed by atoms with van der Waals surface area (Å²) in [5, 5.41) is 13.1. The van der Waals surface area contributed by atoms with Gasteiger partial charge in [0.25, 0.3) is 5.56 Å². The van der Waals surface area contributed by atoms with Crippen molar-refractivity contribution in [2.45, 2.75) is 56.2 Å². The number of rotatable bonds is 10. The Kier molecular flexibility index (Phi) is 8.79. The molecule has 3 heterocycles. The number of terminal acetylenes is 1. The van der Waals surface area contributed by atoms with Crippen LogP contribution >= 0.6 is 19.3 Å². The van der Waals surface area contributed by atoms with Crippen molar-refractivity contribution < 1.29 is 37.4 Å². The number of para-hydroxylation sites is 1. The number of hydrogen-bond acceptors (Lipinski definition) is 10. The third-order valence-corrected chi connectivity index (χ3v) is 8.17. The lowest BCUT2D eigenvalue weighted by atomic mass is 9.99. The van der Waals surface area contributed by atoms with Crippen molar-refractivity contribution in [2.24, 2.45) is 0 Å². The van der Waals surface area contributed by atoms with Crippen LogP contribution in [0, 0.1) is 18.2 Å². The number of alkyl halides is 1. The van der Waals surface area contributed by atoms with Crippen LogP contribution in [0.2, 0.25) is 0 Å². The van der Waals surface area contributed by atoms with E-state index in [4.69, 9.17) is 42.3 Å². The van der Waals surface area contributed by atoms with Crippen molar-refractivity contribution in [3.63, 3.8) is 0 Å². The van der Waals surface area contributed by atoms with E-state index < -0.39 is 72.5 Å². The molecule has 16 heteroatoms. The Morgan fingerprint density at radius 2 is 2.10 bits per heavy atom. The van der Waals surface area contributed by atoms with E-state index in [-0.39, 0.29) is 17.3 Å². The number of nitrogens with zero attached hydrogens (tertiary/aromatic N) is 2. The van der Waals surface area contributed by atoms with Crippen LogP contribution in [0.15, 0.2) is 41.3 Å². The zero-order valence-corrected chi connectivity index (χ0v) is 23.8. The number of aliphatic hydroxyl groups excluding tert-OH is 1. The lowest BCUT2D eigenvalue weighted by molar-refractivity contribution is -0.149. The molecule has 41 heavy (non-hydrogen) atoms. The average Bonchev–Trinajstić information content (AvgIpc) is 3.36. The standard InChI is InChI=1S/C25H28ClFN5O8P/c1-5-25(26)19(33)17(39-23(25)32-11-16(27)18-20(32)29-24(28)30-21(18)34)12-37-41(36,40-15-9-7-6-8-10-15)31-14(4)22(35)38-13(2)3/h1,6-11,13-14,17,19,23,33H,12H2,2-4H3,(H,31,36)(H3,28,29,30,34)/t14-,17+,19-,23+,25?,41?/m0/s1. The topological polar surface area (TPSA) is 180 Å². The van der Waals surface area contributed by atoms with Crippen molar-refractivity contribution in [1.29, 1.82) is 0 Å². The molecule has 0 saturated carbocycles. The molecule has 2 aromatic heterocycles. The number of hydrogen-bond donors (Lipinski definition) is 4. The summed E-state index contributed by atoms with van der Waals surface area (Å²) in [5.41, 5.74) is 4.55. The second kappa shape index (κ2) is 11.8. The smallest absolute Gasteiger partial charge is 0.459 e. The van der Waals surface area contributed by atoms with Crippen molar-refractivity contribution >= 4 is 42.3 Å². The minimum absolute atomic E-state index is 0.150. The first-order chi connectivity index (χ1) is 19.3. The molecule has 2 unspecified atom stereocenters. The second-order valence-corrected chi connectivity index (χ2v) is 11.8. The first kappa shape index (κ1) is 30.5. The molecule has 13 nitrogen and oxygen atoms in total. The minimum atomic E-state index is -4.34. The lowest BCUT2D eigenvalue weighted by Crippen LogP contribution is -2.42. The molecular formula is C25H28ClFN5O8P. The highest BCUT2D eigenvalue weighted by Crippen LogP contribution is 2.48. The molecule has 0 bridgehead atoms. The zero-order chi connectivity index (χ0) is 30.1. The summed E-state index contributed by atoms with van der Waals surface area (Å²) in [7, 11) is -4.34. The van der Waals surface area contributed by atoms with Crippen molar-refractivity contribution in [3.8, 4) is 18.1 Å². The number of aromatic nitrogens is 3. The van der Waals surface area contributed by atoms with Gasteiger partial charge in [0.1, 0.15) is 29.4 Å². The summed E-state index contributed by atoms with van der Waals surface area (Å²) < 4.78 is 51.8. The van der Waals surface area contributed by atoms with Gasteiger partial charge < -0.3 is 24.8 Å². The van der Waals surface area contributed by atoms with Crippen LogP contribution in [0.4, 0.5) is 10.3 Å². The van der Waals surface area contributed by atoms with Gasteiger partial charge in [-0.05, 0) is 32.9 Å². The summed E-state index contributed by atoms with van der Waals surface area (Å²) in [6, 6.07) is 6.87. The van der Waals surface area contributed by atoms with Gasteiger partial charge in [0.15, 0.2) is 22.6 Å². The van der Waals surface area contributed by atoms with E-state index in [9.17, 15) is 23.7 Å². The number of anilines is 1. The number of nitrogens with one attached hydrogen (secondary N) is 2. The largest absolute Gasteiger partial charge is 0.462 e. The highest BCUT2D eigenvalue weighted by Gasteiger charge is 2.56. The molecule has 1 saturated heterocycles. The summed E-state index contributed by atoms with van der Waals surface area (Å²) in [6.45, 7) is 4.09. The van der Waals surface area contributed by atoms with Crippen molar-refractivity contribution in [2.75, 3.05) is 12.3 Å². The minimum Gasteiger partial charge on any atom is -0.462 e. The maximum Gasteiger partial charge on any atom is 0.459 e. The molecule has 5 N–H and O–H groups in total. The molecule has 1 aromatic carbocycles. The fourth-order valence-electron chi connectivity index (χ4n) is 4.12. The van der Waals surface area contributed by atoms with Crippen LogP contribution in [-0.4, -0.2) is 61.4 Å². The van der Waals surface area contributed by atoms with Crippen LogP contribution in [0.3, 0.4) is 0 Å². The molecule has 220 valence electrons. The molecule has 1 fully saturated rings. The van der Waals surface area contributed by atoms with Crippen LogP contribution in [0.5, 0.6) is 5.75 Å². The maximum atomic E-state index is 14.7. The Morgan fingerprint density at radius 3 is 2.73 bits per heavy atom. The molecule has 0 radical (unpaired) electrons. The van der Waals surface area contributed by atoms with Crippen LogP contribution in [-0.2, 0) is 23.4 Å². The first-order valence-electron chi connectivity index (χ1n) is 12.3. The summed E-state index contributed by atoms with van der Waals surface area (Å²) in [4.78, 5) is 28.8. The quantitative estimate of drug-likeness (QED) is 0.114. The van der Waals surface area contributed by atoms with E-state index >= 15 is 0 Å². The molecule has 6 atom stereocenters. The molecule has 1 aliphatic rings. The number of nitrogen functional groups attached to an aromatic ring is 1. The fraction of sp³-hybridized carbons (Fsp3) is 0.400. The van der Waals surface area contributed by atoms with Crippen LogP contribution in [0.25, 0.3) is 11.0 Å². The number of carbonyl (C=O) groups is 1. The SMILES string of the molecule is C#CC1(Cl)[C@@H](O)[C@@H](COP(=O)(N[C@@H](C)C(=O)OC(C)C)Oc2ccccc2)O[C@H]1n1cc(F)c2c(=O)[nH]c(N)nc21. The van der Waals surface area contributed by atoms with Gasteiger partial charge in [-0.3, -0.25) is 23.7 Å². The third-order valence-electron chi connectivity index (χ3n) is 6.01. The summed E-state index contributed by atoms with van der Waals surface area (Å²) in [5.74, 6) is 0.407. The number of halogens is 2. The van der Waals surface area contributed by atoms with Gasteiger partial charge in [0.05, 0.1) is 12.7 Å². The molecule has 0 aliphatic carbocycles. The Hall–Kier alpha value is -3.44. The molecule has 1 aliphatic heterocycles. The predicted molar refractivity (Wildman–Crippen MR) is 147 cm³/mol. The number of esters is 1. The van der Waals surface area contributed by atoms with Gasteiger partial charge in [-0.2, -0.15) is 10.1 Å². The Balaban J connectivity index is 1.62. The fourth-order valence-corrected chi connectivity index (χ4v) is 5.92. The van der Waals surface area contributed by atoms with E-state index in [0.29, 0.717) is 0 Å². The molecule has 4 rings (SSSR count). The van der Waals surface area contributed by atoms with Gasteiger partial charge in [-0.15, -0.1) is 6.42 Å². The van der Waals surface area contributed by atoms with Crippen LogP contribution < -0.4 is 20.9 Å². The Morgan fingerprint density at radius 1 is 1.41 bits per heavy atom. The van der Waals surface area contributed by atoms with Crippen molar-refractivity contribution in [1.82, 2.24) is 19.6 Å². The normalized spacial score (nSPS) is 24.6. The Labute approximate surface area is 238 Å². The second-order valence-electron chi connectivity index (χ2n) is 9.45. The predicted octanol–water partition coefficient (Wildman–Crippen LogP) is 2.45. The van der Waals surface area contributed by atoms with Gasteiger partial charge in [-0.25, -0.2) is 8.96 Å². The summed E-state index contributed by atoms with van der Waals surface area (Å²) >= 11 is 6.61. The first-order valence-corrected chi connectivity index (χ1v) is 14.2. The van der Waals surface area contributed by atoms with E-state index in [2.05, 4.69) is 21.0 Å². The number of aromatic amines is 1. The van der Waals surface area contributed by atoms with Crippen molar-refractivity contribution in [3.05, 3.63) is 52.7 Å². The van der Waals surface area contributed by atoms with Gasteiger partial charge in [0, 0.05) is 6.20 Å². The molecule has 3 aromatic rings.